The maximum absolute atomic E-state index is 14.1. The van der Waals surface area contributed by atoms with Gasteiger partial charge in [0.2, 0.25) is 10.0 Å². The molecule has 18 heteroatoms. The predicted octanol–water partition coefficient (Wildman–Crippen LogP) is 4.97. The number of benzene rings is 1. The van der Waals surface area contributed by atoms with Crippen LogP contribution < -0.4 is 15.2 Å². The molecule has 13 nitrogen and oxygen atoms in total. The van der Waals surface area contributed by atoms with Gasteiger partial charge in [-0.1, -0.05) is 23.4 Å². The molecule has 0 saturated carbocycles. The highest BCUT2D eigenvalue weighted by atomic mass is 35.5. The lowest BCUT2D eigenvalue weighted by Gasteiger charge is -2.54. The molecule has 3 aliphatic rings. The number of fused-ring (bicyclic) bond motifs is 2. The number of amides is 1. The second kappa shape index (κ2) is 14.7. The number of carbonyl (C=O) groups excluding carboxylic acids is 1. The maximum Gasteiger partial charge on any atom is 0.267 e. The third-order valence-corrected chi connectivity index (χ3v) is 13.6. The van der Waals surface area contributed by atoms with Crippen LogP contribution in [0.2, 0.25) is 5.02 Å². The van der Waals surface area contributed by atoms with Crippen LogP contribution in [0.4, 0.5) is 14.6 Å². The number of anilines is 1. The van der Waals surface area contributed by atoms with Gasteiger partial charge in [0, 0.05) is 66.4 Å². The summed E-state index contributed by atoms with van der Waals surface area (Å²) in [6.07, 6.45) is 4.55. The number of thiophene rings is 1. The summed E-state index contributed by atoms with van der Waals surface area (Å²) >= 11 is 7.68. The van der Waals surface area contributed by atoms with Crippen LogP contribution in [0.3, 0.4) is 0 Å². The van der Waals surface area contributed by atoms with E-state index in [-0.39, 0.29) is 48.2 Å². The molecule has 7 heterocycles. The van der Waals surface area contributed by atoms with E-state index in [1.54, 1.807) is 41.5 Å². The van der Waals surface area contributed by atoms with Gasteiger partial charge in [0.15, 0.2) is 0 Å². The summed E-state index contributed by atoms with van der Waals surface area (Å²) in [7, 11) is -3.92. The molecule has 1 spiro atoms. The third-order valence-electron chi connectivity index (χ3n) is 10.7. The summed E-state index contributed by atoms with van der Waals surface area (Å²) in [5.74, 6) is 3.49. The van der Waals surface area contributed by atoms with Crippen molar-refractivity contribution in [2.24, 2.45) is 5.41 Å². The number of piperidine rings is 1. The quantitative estimate of drug-likeness (QED) is 0.210. The van der Waals surface area contributed by atoms with Gasteiger partial charge in [0.05, 0.1) is 59.2 Å². The van der Waals surface area contributed by atoms with Crippen LogP contribution in [0.15, 0.2) is 46.8 Å². The smallest absolute Gasteiger partial charge is 0.267 e. The van der Waals surface area contributed by atoms with Gasteiger partial charge >= 0.3 is 0 Å². The number of hydrogen-bond donors (Lipinski definition) is 1. The second-order valence-electron chi connectivity index (χ2n) is 14.9. The Labute approximate surface area is 335 Å². The van der Waals surface area contributed by atoms with Crippen LogP contribution in [0.5, 0.6) is 0 Å². The Bertz CT molecular complexity index is 2730. The summed E-state index contributed by atoms with van der Waals surface area (Å²) in [6.45, 7) is 4.73. The van der Waals surface area contributed by atoms with E-state index in [0.29, 0.717) is 75.3 Å². The van der Waals surface area contributed by atoms with Crippen LogP contribution in [0.25, 0.3) is 32.2 Å². The molecular weight excluding hydrogens is 798 g/mol. The van der Waals surface area contributed by atoms with E-state index in [4.69, 9.17) is 16.3 Å². The minimum atomic E-state index is -3.92. The van der Waals surface area contributed by atoms with Gasteiger partial charge in [-0.05, 0) is 49.4 Å². The lowest BCUT2D eigenvalue weighted by atomic mass is 9.72. The first-order valence-corrected chi connectivity index (χ1v) is 20.9. The molecule has 0 radical (unpaired) electrons. The number of alkyl halides is 2. The molecule has 0 unspecified atom stereocenters. The summed E-state index contributed by atoms with van der Waals surface area (Å²) in [4.78, 5) is 44.5. The Balaban J connectivity index is 1.05. The molecule has 294 valence electrons. The molecule has 3 aliphatic heterocycles. The van der Waals surface area contributed by atoms with Crippen molar-refractivity contribution in [3.05, 3.63) is 79.9 Å². The fraction of sp³-hybridized carbons (Fsp3) is 0.385. The number of sulfonamides is 1. The van der Waals surface area contributed by atoms with Crippen molar-refractivity contribution < 1.29 is 26.7 Å². The fourth-order valence-electron chi connectivity index (χ4n) is 7.79. The minimum Gasteiger partial charge on any atom is -0.378 e. The third kappa shape index (κ3) is 7.46. The summed E-state index contributed by atoms with van der Waals surface area (Å²) in [5.41, 5.74) is 2.27. The Hall–Kier alpha value is -5.04. The zero-order valence-electron chi connectivity index (χ0n) is 30.8. The first-order chi connectivity index (χ1) is 27.1. The zero-order valence-corrected chi connectivity index (χ0v) is 33.2. The van der Waals surface area contributed by atoms with E-state index in [1.165, 1.54) is 28.3 Å². The van der Waals surface area contributed by atoms with Gasteiger partial charge < -0.3 is 9.64 Å². The van der Waals surface area contributed by atoms with Crippen molar-refractivity contribution in [3.8, 4) is 29.0 Å². The van der Waals surface area contributed by atoms with Crippen LogP contribution >= 0.6 is 22.9 Å². The molecule has 0 aliphatic carbocycles. The first-order valence-electron chi connectivity index (χ1n) is 18.1. The van der Waals surface area contributed by atoms with Crippen molar-refractivity contribution in [1.82, 2.24) is 29.1 Å². The number of nitrogens with zero attached hydrogens (tertiary/aromatic N) is 7. The van der Waals surface area contributed by atoms with E-state index < -0.39 is 32.7 Å². The number of ether oxygens (including phenoxy) is 1. The number of aromatic nitrogens is 4. The highest BCUT2D eigenvalue weighted by Gasteiger charge is 2.47. The number of nitrogens with one attached hydrogen (secondary N) is 1. The molecule has 4 aromatic heterocycles. The van der Waals surface area contributed by atoms with E-state index in [9.17, 15) is 32.0 Å². The van der Waals surface area contributed by atoms with Crippen molar-refractivity contribution in [2.45, 2.75) is 44.4 Å². The molecule has 3 fully saturated rings. The Morgan fingerprint density at radius 2 is 1.93 bits per heavy atom. The number of halogens is 3. The molecular formula is C39H35ClF2N8O5S2. The molecule has 0 atom stereocenters. The first kappa shape index (κ1) is 38.8. The Morgan fingerprint density at radius 1 is 1.18 bits per heavy atom. The molecule has 1 aromatic carbocycles. The van der Waals surface area contributed by atoms with Crippen LogP contribution in [0, 0.1) is 35.5 Å². The number of pyridine rings is 2. The Morgan fingerprint density at radius 3 is 2.61 bits per heavy atom. The molecule has 5 aromatic rings. The van der Waals surface area contributed by atoms with Crippen LogP contribution in [-0.4, -0.2) is 95.9 Å². The van der Waals surface area contributed by atoms with Crippen molar-refractivity contribution >= 4 is 65.8 Å². The molecule has 0 bridgehead atoms. The molecule has 1 N–H and O–H groups in total. The van der Waals surface area contributed by atoms with Gasteiger partial charge in [0.25, 0.3) is 17.4 Å². The topological polar surface area (TPSA) is 163 Å². The number of carbonyl (C=O) groups is 1. The van der Waals surface area contributed by atoms with Gasteiger partial charge in [-0.25, -0.2) is 31.9 Å². The zero-order chi connectivity index (χ0) is 40.3. The standard InChI is InChI=1S/C39H35ClF2N8O5S2/c1-23-46-31-16-45-35(49-12-8-39(9-13-49)21-48(22-39)20-38(2,41)42)29(15-43)32(31)37(52)50(23)11-3-4-24-5-6-25(40)14-28(24)27-7-10-44-33-30(19-56-34(27)33)36(51)47-57(53,54)26-17-55-18-26/h5-7,10,14,16,19,26H,8-9,11-13,17-18,20-22H2,1-2H3,(H,47,51). The monoisotopic (exact) mass is 832 g/mol. The van der Waals surface area contributed by atoms with E-state index in [2.05, 4.69) is 37.6 Å². The molecule has 57 heavy (non-hydrogen) atoms. The highest BCUT2D eigenvalue weighted by Crippen LogP contribution is 2.43. The lowest BCUT2D eigenvalue weighted by Crippen LogP contribution is -2.62. The van der Waals surface area contributed by atoms with E-state index in [1.807, 2.05) is 4.90 Å². The van der Waals surface area contributed by atoms with Crippen LogP contribution in [-0.2, 0) is 21.3 Å². The van der Waals surface area contributed by atoms with Crippen LogP contribution in [0.1, 0.15) is 47.1 Å². The minimum absolute atomic E-state index is 0.0221. The summed E-state index contributed by atoms with van der Waals surface area (Å²) < 4.78 is 61.4. The highest BCUT2D eigenvalue weighted by molar-refractivity contribution is 7.90. The van der Waals surface area contributed by atoms with E-state index >= 15 is 0 Å². The predicted molar refractivity (Wildman–Crippen MR) is 212 cm³/mol. The normalized spacial score (nSPS) is 17.2. The lowest BCUT2D eigenvalue weighted by molar-refractivity contribution is -0.0867. The SMILES string of the molecule is Cc1nc2cnc(N3CCC4(CC3)CN(CC(C)(F)F)C4)c(C#N)c2c(=O)n1CC#Cc1ccc(Cl)cc1-c1ccnc2c(C(=O)NS(=O)(=O)C3COC3)csc12. The molecule has 3 saturated heterocycles. The Kier molecular flexibility index (Phi) is 10.0. The maximum atomic E-state index is 14.1. The summed E-state index contributed by atoms with van der Waals surface area (Å²) in [5, 5.41) is 11.7. The number of rotatable bonds is 8. The summed E-state index contributed by atoms with van der Waals surface area (Å²) in [6, 6.07) is 9.12. The fourth-order valence-corrected chi connectivity index (χ4v) is 10.1. The molecule has 8 rings (SSSR count). The number of nitriles is 1. The van der Waals surface area contributed by atoms with Crippen molar-refractivity contribution in [3.63, 3.8) is 0 Å². The number of aryl methyl sites for hydroxylation is 1. The number of likely N-dealkylation sites (tertiary alicyclic amines) is 1. The number of hydrogen-bond acceptors (Lipinski definition) is 12. The van der Waals surface area contributed by atoms with Crippen molar-refractivity contribution in [2.75, 3.05) is 50.8 Å². The van der Waals surface area contributed by atoms with Gasteiger partial charge in [0.1, 0.15) is 28.5 Å². The van der Waals surface area contributed by atoms with Gasteiger partial charge in [-0.3, -0.25) is 24.0 Å². The molecule has 1 amide bonds. The largest absolute Gasteiger partial charge is 0.378 e. The van der Waals surface area contributed by atoms with Gasteiger partial charge in [-0.2, -0.15) is 5.26 Å². The average molecular weight is 833 g/mol. The second-order valence-corrected chi connectivity index (χ2v) is 18.2. The van der Waals surface area contributed by atoms with E-state index in [0.717, 1.165) is 19.8 Å². The average Bonchev–Trinajstić information content (AvgIpc) is 3.56. The van der Waals surface area contributed by atoms with Crippen molar-refractivity contribution in [1.29, 1.82) is 5.26 Å². The van der Waals surface area contributed by atoms with Gasteiger partial charge in [-0.15, -0.1) is 11.3 Å².